The largest absolute Gasteiger partial charge is 0.480 e. The summed E-state index contributed by atoms with van der Waals surface area (Å²) >= 11 is 0. The molecular formula is C6H8N2O4. The van der Waals surface area contributed by atoms with Crippen LogP contribution < -0.4 is 5.32 Å². The fourth-order valence-corrected chi connectivity index (χ4v) is 0.937. The predicted octanol–water partition coefficient (Wildman–Crippen LogP) is -0.989. The number of carbonyl (C=O) groups is 3. The van der Waals surface area contributed by atoms with Gasteiger partial charge in [0.05, 0.1) is 6.54 Å². The summed E-state index contributed by atoms with van der Waals surface area (Å²) in [5.74, 6) is -1.70. The summed E-state index contributed by atoms with van der Waals surface area (Å²) in [7, 11) is 0. The highest BCUT2D eigenvalue weighted by atomic mass is 16.4. The van der Waals surface area contributed by atoms with Gasteiger partial charge < -0.3 is 10.4 Å². The Balaban J connectivity index is 2.79. The predicted molar refractivity (Wildman–Crippen MR) is 37.3 cm³/mol. The summed E-state index contributed by atoms with van der Waals surface area (Å²) < 4.78 is 0. The van der Waals surface area contributed by atoms with E-state index in [2.05, 4.69) is 5.32 Å². The molecule has 1 fully saturated rings. The molecule has 1 heterocycles. The van der Waals surface area contributed by atoms with Crippen LogP contribution in [0.1, 0.15) is 6.92 Å². The van der Waals surface area contributed by atoms with E-state index in [1.54, 1.807) is 0 Å². The average molecular weight is 172 g/mol. The second kappa shape index (κ2) is 2.80. The van der Waals surface area contributed by atoms with Crippen molar-refractivity contribution in [1.29, 1.82) is 0 Å². The van der Waals surface area contributed by atoms with Gasteiger partial charge in [0.1, 0.15) is 6.04 Å². The number of amides is 3. The molecule has 66 valence electrons. The minimum Gasteiger partial charge on any atom is -0.480 e. The van der Waals surface area contributed by atoms with Gasteiger partial charge in [-0.15, -0.1) is 0 Å². The number of hydrogen-bond acceptors (Lipinski definition) is 3. The molecule has 0 bridgehead atoms. The summed E-state index contributed by atoms with van der Waals surface area (Å²) in [6.45, 7) is 1.17. The van der Waals surface area contributed by atoms with Gasteiger partial charge in [-0.05, 0) is 6.92 Å². The number of carboxylic acids is 1. The fraction of sp³-hybridized carbons (Fsp3) is 0.500. The van der Waals surface area contributed by atoms with Crippen molar-refractivity contribution in [2.24, 2.45) is 0 Å². The molecule has 0 aliphatic carbocycles. The molecule has 1 aliphatic heterocycles. The Hall–Kier alpha value is -1.59. The molecule has 0 radical (unpaired) electrons. The molecule has 12 heavy (non-hydrogen) atoms. The molecule has 1 unspecified atom stereocenters. The van der Waals surface area contributed by atoms with Gasteiger partial charge in [0.2, 0.25) is 0 Å². The number of nitrogens with zero attached hydrogens (tertiary/aromatic N) is 1. The zero-order valence-corrected chi connectivity index (χ0v) is 6.40. The maximum atomic E-state index is 10.9. The molecule has 2 N–H and O–H groups in total. The first kappa shape index (κ1) is 8.51. The highest BCUT2D eigenvalue weighted by Crippen LogP contribution is 2.05. The van der Waals surface area contributed by atoms with Crippen molar-refractivity contribution in [3.63, 3.8) is 0 Å². The first-order valence-corrected chi connectivity index (χ1v) is 3.36. The molecule has 0 aromatic carbocycles. The van der Waals surface area contributed by atoms with E-state index in [0.717, 1.165) is 0 Å². The van der Waals surface area contributed by atoms with E-state index in [-0.39, 0.29) is 6.54 Å². The Morgan fingerprint density at radius 2 is 2.25 bits per heavy atom. The Morgan fingerprint density at radius 3 is 2.58 bits per heavy atom. The molecule has 0 aromatic heterocycles. The van der Waals surface area contributed by atoms with Gasteiger partial charge in [-0.1, -0.05) is 0 Å². The van der Waals surface area contributed by atoms with E-state index in [0.29, 0.717) is 4.90 Å². The van der Waals surface area contributed by atoms with Gasteiger partial charge in [0, 0.05) is 0 Å². The van der Waals surface area contributed by atoms with Gasteiger partial charge in [-0.25, -0.2) is 14.5 Å². The molecule has 0 saturated carbocycles. The summed E-state index contributed by atoms with van der Waals surface area (Å²) in [6.07, 6.45) is 0. The van der Waals surface area contributed by atoms with Crippen molar-refractivity contribution < 1.29 is 19.5 Å². The quantitative estimate of drug-likeness (QED) is 0.523. The van der Waals surface area contributed by atoms with E-state index < -0.39 is 23.9 Å². The molecule has 0 aromatic rings. The number of nitrogens with one attached hydrogen (secondary N) is 1. The average Bonchev–Trinajstić information content (AvgIpc) is 2.30. The standard InChI is InChI=1S/C6H8N2O4/c1-3(5(10)11)8-4(9)2-7-6(8)12/h3H,2H2,1H3,(H,7,12)(H,10,11). The van der Waals surface area contributed by atoms with Crippen molar-refractivity contribution in [2.75, 3.05) is 6.54 Å². The number of rotatable bonds is 2. The Labute approximate surface area is 68.1 Å². The number of hydrogen-bond donors (Lipinski definition) is 2. The van der Waals surface area contributed by atoms with Crippen LogP contribution in [0.2, 0.25) is 0 Å². The molecular weight excluding hydrogens is 164 g/mol. The highest BCUT2D eigenvalue weighted by molar-refractivity contribution is 6.04. The number of carboxylic acid groups (broad SMARTS) is 1. The molecule has 1 rings (SSSR count). The van der Waals surface area contributed by atoms with Crippen molar-refractivity contribution in [2.45, 2.75) is 13.0 Å². The molecule has 6 heteroatoms. The number of urea groups is 1. The Kier molecular flexibility index (Phi) is 1.99. The van der Waals surface area contributed by atoms with Crippen LogP contribution in [0.4, 0.5) is 4.79 Å². The molecule has 1 atom stereocenters. The molecule has 3 amide bonds. The Morgan fingerprint density at radius 1 is 1.67 bits per heavy atom. The summed E-state index contributed by atoms with van der Waals surface area (Å²) in [5, 5.41) is 10.7. The number of aliphatic carboxylic acids is 1. The van der Waals surface area contributed by atoms with Gasteiger partial charge in [0.25, 0.3) is 5.91 Å². The van der Waals surface area contributed by atoms with Crippen LogP contribution in [0, 0.1) is 0 Å². The molecule has 0 spiro atoms. The monoisotopic (exact) mass is 172 g/mol. The second-order valence-electron chi connectivity index (χ2n) is 2.44. The normalized spacial score (nSPS) is 19.2. The van der Waals surface area contributed by atoms with Crippen molar-refractivity contribution in [3.05, 3.63) is 0 Å². The maximum absolute atomic E-state index is 10.9. The first-order chi connectivity index (χ1) is 5.54. The van der Waals surface area contributed by atoms with Crippen LogP contribution in [0.3, 0.4) is 0 Å². The summed E-state index contributed by atoms with van der Waals surface area (Å²) in [4.78, 5) is 32.9. The summed E-state index contributed by atoms with van der Waals surface area (Å²) in [6, 6.07) is -1.74. The SMILES string of the molecule is CC(C(=O)O)N1C(=O)CNC1=O. The molecule has 1 aliphatic rings. The number of imide groups is 1. The fourth-order valence-electron chi connectivity index (χ4n) is 0.937. The number of carbonyl (C=O) groups excluding carboxylic acids is 2. The van der Waals surface area contributed by atoms with Crippen LogP contribution in [0.25, 0.3) is 0 Å². The van der Waals surface area contributed by atoms with E-state index >= 15 is 0 Å². The third kappa shape index (κ3) is 1.23. The highest BCUT2D eigenvalue weighted by Gasteiger charge is 2.35. The Bertz CT molecular complexity index is 234. The van der Waals surface area contributed by atoms with Crippen LogP contribution in [0.15, 0.2) is 0 Å². The molecule has 1 saturated heterocycles. The van der Waals surface area contributed by atoms with Crippen LogP contribution in [-0.2, 0) is 9.59 Å². The lowest BCUT2D eigenvalue weighted by Gasteiger charge is -2.16. The van der Waals surface area contributed by atoms with Gasteiger partial charge in [-0.3, -0.25) is 4.79 Å². The lowest BCUT2D eigenvalue weighted by Crippen LogP contribution is -2.43. The van der Waals surface area contributed by atoms with E-state index in [1.807, 2.05) is 0 Å². The van der Waals surface area contributed by atoms with Gasteiger partial charge in [-0.2, -0.15) is 0 Å². The first-order valence-electron chi connectivity index (χ1n) is 3.36. The maximum Gasteiger partial charge on any atom is 0.326 e. The van der Waals surface area contributed by atoms with E-state index in [4.69, 9.17) is 5.11 Å². The van der Waals surface area contributed by atoms with E-state index in [1.165, 1.54) is 6.92 Å². The zero-order chi connectivity index (χ0) is 9.30. The van der Waals surface area contributed by atoms with Crippen molar-refractivity contribution in [1.82, 2.24) is 10.2 Å². The third-order valence-corrected chi connectivity index (χ3v) is 1.62. The topological polar surface area (TPSA) is 86.7 Å². The second-order valence-corrected chi connectivity index (χ2v) is 2.44. The minimum absolute atomic E-state index is 0.115. The summed E-state index contributed by atoms with van der Waals surface area (Å²) in [5.41, 5.74) is 0. The van der Waals surface area contributed by atoms with Gasteiger partial charge in [0.15, 0.2) is 0 Å². The molecule has 6 nitrogen and oxygen atoms in total. The minimum atomic E-state index is -1.19. The third-order valence-electron chi connectivity index (χ3n) is 1.62. The van der Waals surface area contributed by atoms with Crippen molar-refractivity contribution >= 4 is 17.9 Å². The lowest BCUT2D eigenvalue weighted by atomic mass is 10.3. The van der Waals surface area contributed by atoms with Gasteiger partial charge >= 0.3 is 12.0 Å². The zero-order valence-electron chi connectivity index (χ0n) is 6.40. The van der Waals surface area contributed by atoms with E-state index in [9.17, 15) is 14.4 Å². The smallest absolute Gasteiger partial charge is 0.326 e. The van der Waals surface area contributed by atoms with Crippen LogP contribution in [-0.4, -0.2) is 40.5 Å². The van der Waals surface area contributed by atoms with Crippen LogP contribution in [0.5, 0.6) is 0 Å². The van der Waals surface area contributed by atoms with Crippen molar-refractivity contribution in [3.8, 4) is 0 Å². The van der Waals surface area contributed by atoms with Crippen LogP contribution >= 0.6 is 0 Å². The lowest BCUT2D eigenvalue weighted by molar-refractivity contribution is -0.145.